The van der Waals surface area contributed by atoms with Gasteiger partial charge in [0, 0.05) is 99.4 Å². The highest BCUT2D eigenvalue weighted by atomic mass is 19.4. The van der Waals surface area contributed by atoms with Crippen molar-refractivity contribution in [1.29, 1.82) is 15.8 Å². The van der Waals surface area contributed by atoms with Crippen LogP contribution in [-0.2, 0) is 18.5 Å². The SMILES string of the molecule is N#Cc1ccc(-n2c3ccc(-c4ccccc4)cc3c3cc(-c4ccccc4)ccc32)c(C(F)(F)F)c1.N#Cc1ccc(-n2c3ccc(-n4c5ccccc5c5ccccc54)cc3c3cc(-n4c5ccccc5c5ccccc54)ccc32)c(C(F)(F)F)c1.N#Cc1ccc(-n2c3ccc(N(c4ccccc4)c4ccccc4)cc3c3cc(N(c4ccccc4)c4ccccc4)ccc32)c(C(F)(F)F)c1. The predicted octanol–water partition coefficient (Wildman–Crippen LogP) is 33.5. The molecule has 0 aliphatic heterocycles. The second kappa shape index (κ2) is 34.9. The van der Waals surface area contributed by atoms with Gasteiger partial charge in [0.05, 0.1) is 124 Å². The van der Waals surface area contributed by atoms with Gasteiger partial charge in [-0.1, -0.05) is 218 Å². The fourth-order valence-corrected chi connectivity index (χ4v) is 19.7. The number of aromatic nitrogens is 5. The molecule has 19 heteroatoms. The summed E-state index contributed by atoms with van der Waals surface area (Å²) in [6.07, 6.45) is -14.0. The van der Waals surface area contributed by atoms with Gasteiger partial charge in [0.1, 0.15) is 0 Å². The molecule has 0 bridgehead atoms. The van der Waals surface area contributed by atoms with E-state index >= 15 is 0 Å². The van der Waals surface area contributed by atoms with E-state index in [1.165, 1.54) is 36.4 Å². The molecule has 24 aromatic rings. The molecule has 666 valence electrons. The Bertz CT molecular complexity index is 8480. The zero-order chi connectivity index (χ0) is 95.0. The van der Waals surface area contributed by atoms with Gasteiger partial charge in [0.2, 0.25) is 0 Å². The minimum Gasteiger partial charge on any atom is -0.310 e. The first-order valence-electron chi connectivity index (χ1n) is 44.7. The summed E-state index contributed by atoms with van der Waals surface area (Å²) in [7, 11) is 0. The number of para-hydroxylation sites is 8. The van der Waals surface area contributed by atoms with Crippen molar-refractivity contribution >= 4 is 143 Å². The summed E-state index contributed by atoms with van der Waals surface area (Å²) in [5.41, 5.74) is 16.4. The molecule has 0 atom stereocenters. The van der Waals surface area contributed by atoms with Crippen LogP contribution in [0.2, 0.25) is 0 Å². The molecule has 0 saturated carbocycles. The van der Waals surface area contributed by atoms with E-state index in [4.69, 9.17) is 0 Å². The van der Waals surface area contributed by atoms with Gasteiger partial charge in [-0.25, -0.2) is 0 Å². The Morgan fingerprint density at radius 3 is 0.683 bits per heavy atom. The Kier molecular flexibility index (Phi) is 21.6. The Morgan fingerprint density at radius 2 is 0.410 bits per heavy atom. The minimum atomic E-state index is -4.69. The van der Waals surface area contributed by atoms with Crippen LogP contribution in [0.15, 0.2) is 443 Å². The van der Waals surface area contributed by atoms with Crippen molar-refractivity contribution in [3.8, 4) is 68.9 Å². The highest BCUT2D eigenvalue weighted by Gasteiger charge is 2.39. The van der Waals surface area contributed by atoms with Crippen LogP contribution in [0.25, 0.3) is 160 Å². The van der Waals surface area contributed by atoms with Gasteiger partial charge >= 0.3 is 18.5 Å². The minimum absolute atomic E-state index is 0.00794. The van der Waals surface area contributed by atoms with Crippen LogP contribution in [0.4, 0.5) is 73.6 Å². The van der Waals surface area contributed by atoms with Crippen molar-refractivity contribution in [3.63, 3.8) is 0 Å². The molecule has 0 saturated heterocycles. The Balaban J connectivity index is 0.000000122. The predicted molar refractivity (Wildman–Crippen MR) is 540 cm³/mol. The van der Waals surface area contributed by atoms with Crippen LogP contribution in [0.5, 0.6) is 0 Å². The summed E-state index contributed by atoms with van der Waals surface area (Å²) in [6, 6.07) is 145. The average Bonchev–Trinajstić information content (AvgIpc) is 1.57. The van der Waals surface area contributed by atoms with E-state index in [1.807, 2.05) is 346 Å². The Hall–Kier alpha value is -18.4. The molecular formula is C120H73F9N10. The normalized spacial score (nSPS) is 11.8. The van der Waals surface area contributed by atoms with Crippen molar-refractivity contribution in [3.05, 3.63) is 476 Å². The molecule has 19 aromatic carbocycles. The number of anilines is 6. The van der Waals surface area contributed by atoms with Gasteiger partial charge in [0.15, 0.2) is 0 Å². The average molecular weight is 1830 g/mol. The monoisotopic (exact) mass is 1820 g/mol. The van der Waals surface area contributed by atoms with Gasteiger partial charge < -0.3 is 32.6 Å². The molecule has 0 N–H and O–H groups in total. The number of nitrogens with zero attached hydrogens (tertiary/aromatic N) is 10. The van der Waals surface area contributed by atoms with Crippen molar-refractivity contribution in [2.24, 2.45) is 0 Å². The van der Waals surface area contributed by atoms with Gasteiger partial charge in [-0.05, 0) is 247 Å². The highest BCUT2D eigenvalue weighted by Crippen LogP contribution is 2.50. The first-order valence-corrected chi connectivity index (χ1v) is 44.7. The fourth-order valence-electron chi connectivity index (χ4n) is 19.7. The van der Waals surface area contributed by atoms with Crippen molar-refractivity contribution in [2.75, 3.05) is 9.80 Å². The zero-order valence-corrected chi connectivity index (χ0v) is 73.5. The van der Waals surface area contributed by atoms with Crippen molar-refractivity contribution in [2.45, 2.75) is 18.5 Å². The Morgan fingerprint density at radius 1 is 0.180 bits per heavy atom. The van der Waals surface area contributed by atoms with E-state index in [0.717, 1.165) is 162 Å². The largest absolute Gasteiger partial charge is 0.418 e. The second-order valence-corrected chi connectivity index (χ2v) is 33.8. The first kappa shape index (κ1) is 86.1. The van der Waals surface area contributed by atoms with Crippen LogP contribution in [-0.4, -0.2) is 22.8 Å². The third-order valence-electron chi connectivity index (χ3n) is 25.7. The smallest absolute Gasteiger partial charge is 0.310 e. The lowest BCUT2D eigenvalue weighted by Crippen LogP contribution is -2.12. The topological polar surface area (TPSA) is 102 Å². The molecule has 24 rings (SSSR count). The summed E-state index contributed by atoms with van der Waals surface area (Å²) in [4.78, 5) is 4.27. The summed E-state index contributed by atoms with van der Waals surface area (Å²) >= 11 is 0. The van der Waals surface area contributed by atoms with Crippen LogP contribution in [0, 0.1) is 34.0 Å². The van der Waals surface area contributed by atoms with E-state index < -0.39 is 35.2 Å². The van der Waals surface area contributed by atoms with Crippen LogP contribution in [0.3, 0.4) is 0 Å². The molecule has 139 heavy (non-hydrogen) atoms. The maximum atomic E-state index is 14.7. The lowest BCUT2D eigenvalue weighted by Gasteiger charge is -2.26. The molecule has 0 aliphatic carbocycles. The standard InChI is InChI=1S/C44H25F3N4.C44H29F3N4.C32H19F3N2/c45-44(46,47)36-23-27(26-48)17-20-43(36)51-41-21-18-28(49-37-13-5-1-9-30(37)31-10-2-6-14-38(31)49)24-34(41)35-25-29(19-22-42(35)51)50-39-15-7-3-11-32(39)33-12-4-8-16-40(33)50;45-44(46,47)40-27-31(30-48)21-24-43(40)51-41-25-22-36(49(32-13-5-1-6-14-32)33-15-7-2-8-16-33)28-38(41)39-29-37(23-26-42(39)51)50(34-17-9-3-10-18-34)35-19-11-4-12-20-35;33-32(34,35)28-17-21(20-36)11-14-31(28)37-29-15-12-24(22-7-3-1-4-8-22)18-26(29)27-19-25(13-16-30(27)37)23-9-5-2-6-10-23/h1-25H;1-29H;1-19H. The number of fused-ring (bicyclic) bond motifs is 15. The summed E-state index contributed by atoms with van der Waals surface area (Å²) in [5, 5.41) is 37.6. The van der Waals surface area contributed by atoms with Crippen LogP contribution < -0.4 is 9.80 Å². The maximum absolute atomic E-state index is 14.7. The van der Waals surface area contributed by atoms with E-state index in [0.29, 0.717) is 33.1 Å². The lowest BCUT2D eigenvalue weighted by atomic mass is 10.0. The first-order chi connectivity index (χ1) is 67.7. The molecule has 0 unspecified atom stereocenters. The molecule has 10 nitrogen and oxygen atoms in total. The molecule has 0 fully saturated rings. The molecule has 0 amide bonds. The third-order valence-corrected chi connectivity index (χ3v) is 25.7. The second-order valence-electron chi connectivity index (χ2n) is 33.8. The van der Waals surface area contributed by atoms with Gasteiger partial charge in [-0.2, -0.15) is 55.3 Å². The summed E-state index contributed by atoms with van der Waals surface area (Å²) in [6.45, 7) is 0. The van der Waals surface area contributed by atoms with E-state index in [1.54, 1.807) is 13.7 Å². The van der Waals surface area contributed by atoms with Crippen LogP contribution in [0.1, 0.15) is 33.4 Å². The number of hydrogen-bond acceptors (Lipinski definition) is 5. The van der Waals surface area contributed by atoms with Gasteiger partial charge in [0.25, 0.3) is 0 Å². The summed E-state index contributed by atoms with van der Waals surface area (Å²) < 4.78 is 140. The zero-order valence-electron chi connectivity index (χ0n) is 73.5. The number of nitriles is 3. The molecule has 0 spiro atoms. The number of halogens is 9. The molecular weight excluding hydrogens is 1750 g/mol. The highest BCUT2D eigenvalue weighted by molar-refractivity contribution is 6.17. The van der Waals surface area contributed by atoms with Gasteiger partial charge in [-0.3, -0.25) is 0 Å². The maximum Gasteiger partial charge on any atom is 0.418 e. The third kappa shape index (κ3) is 15.5. The van der Waals surface area contributed by atoms with Gasteiger partial charge in [-0.15, -0.1) is 0 Å². The van der Waals surface area contributed by atoms with Crippen LogP contribution >= 0.6 is 0 Å². The molecule has 0 radical (unpaired) electrons. The number of benzene rings is 19. The Labute approximate surface area is 789 Å². The summed E-state index contributed by atoms with van der Waals surface area (Å²) in [5.74, 6) is 0. The quantitative estimate of drug-likeness (QED) is 0.107. The number of hydrogen-bond donors (Lipinski definition) is 0. The lowest BCUT2D eigenvalue weighted by molar-refractivity contribution is -0.138. The van der Waals surface area contributed by atoms with E-state index in [9.17, 15) is 55.3 Å². The number of rotatable bonds is 13. The molecule has 5 aromatic heterocycles. The fraction of sp³-hybridized carbons (Fsp3) is 0.0250. The number of alkyl halides is 9. The van der Waals surface area contributed by atoms with Crippen molar-refractivity contribution in [1.82, 2.24) is 22.8 Å². The molecule has 5 heterocycles. The van der Waals surface area contributed by atoms with Crippen molar-refractivity contribution < 1.29 is 39.5 Å². The molecule has 0 aliphatic rings. The van der Waals surface area contributed by atoms with E-state index in [2.05, 4.69) is 79.6 Å². The van der Waals surface area contributed by atoms with E-state index in [-0.39, 0.29) is 33.8 Å².